The minimum absolute atomic E-state index is 0.0533. The molecule has 7 heteroatoms. The van der Waals surface area contributed by atoms with Gasteiger partial charge in [-0.05, 0) is 44.4 Å². The molecule has 2 N–H and O–H groups in total. The number of nitrogens with zero attached hydrogens (tertiary/aromatic N) is 1. The fourth-order valence-corrected chi connectivity index (χ4v) is 2.77. The lowest BCUT2D eigenvalue weighted by atomic mass is 9.98. The van der Waals surface area contributed by atoms with Crippen LogP contribution in [0.5, 0.6) is 0 Å². The van der Waals surface area contributed by atoms with Gasteiger partial charge in [0.25, 0.3) is 5.91 Å². The van der Waals surface area contributed by atoms with Gasteiger partial charge in [0.05, 0.1) is 18.7 Å². The topological polar surface area (TPSA) is 69.6 Å². The number of carbonyl (C=O) groups excluding carboxylic acids is 2. The van der Waals surface area contributed by atoms with E-state index in [9.17, 15) is 23.5 Å². The first-order chi connectivity index (χ1) is 10.9. The Morgan fingerprint density at radius 3 is 2.74 bits per heavy atom. The van der Waals surface area contributed by atoms with Gasteiger partial charge in [0.1, 0.15) is 0 Å². The molecule has 0 spiro atoms. The second-order valence-electron chi connectivity index (χ2n) is 5.70. The molecule has 2 rings (SSSR count). The zero-order valence-corrected chi connectivity index (χ0v) is 12.9. The zero-order valence-electron chi connectivity index (χ0n) is 12.9. The molecule has 23 heavy (non-hydrogen) atoms. The van der Waals surface area contributed by atoms with E-state index in [2.05, 4.69) is 5.32 Å². The summed E-state index contributed by atoms with van der Waals surface area (Å²) in [5.74, 6) is -3.10. The quantitative estimate of drug-likeness (QED) is 0.880. The van der Waals surface area contributed by atoms with E-state index in [4.69, 9.17) is 0 Å². The summed E-state index contributed by atoms with van der Waals surface area (Å²) in [7, 11) is 0. The van der Waals surface area contributed by atoms with Gasteiger partial charge in [-0.25, -0.2) is 8.78 Å². The number of halogens is 2. The molecule has 126 valence electrons. The van der Waals surface area contributed by atoms with E-state index in [1.807, 2.05) is 0 Å². The van der Waals surface area contributed by atoms with Crippen molar-refractivity contribution in [2.24, 2.45) is 0 Å². The van der Waals surface area contributed by atoms with Gasteiger partial charge in [0.15, 0.2) is 11.6 Å². The Hall–Kier alpha value is -2.02. The predicted octanol–water partition coefficient (Wildman–Crippen LogP) is 1.46. The average Bonchev–Trinajstić information content (AvgIpc) is 2.54. The first kappa shape index (κ1) is 17.3. The van der Waals surface area contributed by atoms with Crippen molar-refractivity contribution in [3.8, 4) is 0 Å². The van der Waals surface area contributed by atoms with Gasteiger partial charge in [0.2, 0.25) is 5.91 Å². The number of aliphatic hydroxyl groups excluding tert-OH is 1. The second-order valence-corrected chi connectivity index (χ2v) is 5.70. The van der Waals surface area contributed by atoms with Crippen LogP contribution in [0.4, 0.5) is 8.78 Å². The number of likely N-dealkylation sites (tertiary alicyclic amines) is 1. The van der Waals surface area contributed by atoms with Crippen LogP contribution < -0.4 is 5.32 Å². The average molecular weight is 326 g/mol. The smallest absolute Gasteiger partial charge is 0.251 e. The lowest BCUT2D eigenvalue weighted by Gasteiger charge is -2.37. The summed E-state index contributed by atoms with van der Waals surface area (Å²) < 4.78 is 26.0. The summed E-state index contributed by atoms with van der Waals surface area (Å²) in [5, 5.41) is 12.2. The first-order valence-electron chi connectivity index (χ1n) is 7.61. The van der Waals surface area contributed by atoms with Crippen LogP contribution in [0.2, 0.25) is 0 Å². The number of benzene rings is 1. The van der Waals surface area contributed by atoms with E-state index in [0.717, 1.165) is 37.5 Å². The van der Waals surface area contributed by atoms with Gasteiger partial charge in [-0.3, -0.25) is 9.59 Å². The molecule has 0 saturated carbocycles. The molecule has 0 unspecified atom stereocenters. The molecule has 1 aromatic rings. The van der Waals surface area contributed by atoms with Crippen molar-refractivity contribution in [2.45, 2.75) is 38.3 Å². The lowest BCUT2D eigenvalue weighted by molar-refractivity contribution is -0.136. The molecule has 1 aliphatic rings. The number of hydrogen-bond acceptors (Lipinski definition) is 3. The van der Waals surface area contributed by atoms with Crippen LogP contribution in [0.25, 0.3) is 0 Å². The van der Waals surface area contributed by atoms with Crippen LogP contribution in [-0.4, -0.2) is 47.1 Å². The molecule has 1 saturated heterocycles. The third-order valence-electron chi connectivity index (χ3n) is 4.01. The van der Waals surface area contributed by atoms with E-state index >= 15 is 0 Å². The molecule has 1 aromatic carbocycles. The SMILES string of the molecule is C[C@H](O)[C@@H]1CCCCN1C(=O)CNC(=O)c1ccc(F)c(F)c1. The summed E-state index contributed by atoms with van der Waals surface area (Å²) >= 11 is 0. The number of piperidine rings is 1. The van der Waals surface area contributed by atoms with Crippen LogP contribution in [0.1, 0.15) is 36.5 Å². The highest BCUT2D eigenvalue weighted by Crippen LogP contribution is 2.19. The largest absolute Gasteiger partial charge is 0.391 e. The zero-order chi connectivity index (χ0) is 17.0. The number of aliphatic hydroxyl groups is 1. The maximum Gasteiger partial charge on any atom is 0.251 e. The molecule has 0 aliphatic carbocycles. The second kappa shape index (κ2) is 7.50. The van der Waals surface area contributed by atoms with Gasteiger partial charge in [-0.15, -0.1) is 0 Å². The summed E-state index contributed by atoms with van der Waals surface area (Å²) in [6, 6.07) is 2.54. The third kappa shape index (κ3) is 4.25. The van der Waals surface area contributed by atoms with Gasteiger partial charge >= 0.3 is 0 Å². The van der Waals surface area contributed by atoms with Gasteiger partial charge in [-0.1, -0.05) is 0 Å². The van der Waals surface area contributed by atoms with E-state index in [1.54, 1.807) is 11.8 Å². The standard InChI is InChI=1S/C16H20F2N2O3/c1-10(21)14-4-2-3-7-20(14)15(22)9-19-16(23)11-5-6-12(17)13(18)8-11/h5-6,8,10,14,21H,2-4,7,9H2,1H3,(H,19,23)/t10-,14-/m0/s1. The van der Waals surface area contributed by atoms with Crippen LogP contribution in [0.15, 0.2) is 18.2 Å². The Bertz CT molecular complexity index is 593. The summed E-state index contributed by atoms with van der Waals surface area (Å²) in [5.41, 5.74) is -0.0533. The predicted molar refractivity (Wildman–Crippen MR) is 79.7 cm³/mol. The van der Waals surface area contributed by atoms with E-state index in [-0.39, 0.29) is 24.1 Å². The van der Waals surface area contributed by atoms with Crippen LogP contribution in [0.3, 0.4) is 0 Å². The van der Waals surface area contributed by atoms with Crippen molar-refractivity contribution in [1.82, 2.24) is 10.2 Å². The fraction of sp³-hybridized carbons (Fsp3) is 0.500. The van der Waals surface area contributed by atoms with Crippen molar-refractivity contribution in [3.05, 3.63) is 35.4 Å². The molecule has 1 heterocycles. The molecule has 1 aliphatic heterocycles. The summed E-state index contributed by atoms with van der Waals surface area (Å²) in [4.78, 5) is 25.7. The molecule has 2 atom stereocenters. The molecule has 1 fully saturated rings. The first-order valence-corrected chi connectivity index (χ1v) is 7.61. The highest BCUT2D eigenvalue weighted by atomic mass is 19.2. The minimum atomic E-state index is -1.12. The van der Waals surface area contributed by atoms with Gasteiger partial charge < -0.3 is 15.3 Å². The van der Waals surface area contributed by atoms with Crippen LogP contribution >= 0.6 is 0 Å². The Morgan fingerprint density at radius 2 is 2.09 bits per heavy atom. The van der Waals surface area contributed by atoms with E-state index in [0.29, 0.717) is 6.54 Å². The van der Waals surface area contributed by atoms with Gasteiger partial charge in [0, 0.05) is 12.1 Å². The highest BCUT2D eigenvalue weighted by molar-refractivity contribution is 5.96. The van der Waals surface area contributed by atoms with E-state index < -0.39 is 23.6 Å². The van der Waals surface area contributed by atoms with Crippen molar-refractivity contribution < 1.29 is 23.5 Å². The van der Waals surface area contributed by atoms with Gasteiger partial charge in [-0.2, -0.15) is 0 Å². The highest BCUT2D eigenvalue weighted by Gasteiger charge is 2.29. The maximum absolute atomic E-state index is 13.1. The monoisotopic (exact) mass is 326 g/mol. The Balaban J connectivity index is 1.95. The number of carbonyl (C=O) groups is 2. The fourth-order valence-electron chi connectivity index (χ4n) is 2.77. The number of hydrogen-bond donors (Lipinski definition) is 2. The Kier molecular flexibility index (Phi) is 5.65. The lowest BCUT2D eigenvalue weighted by Crippen LogP contribution is -2.51. The number of nitrogens with one attached hydrogen (secondary N) is 1. The van der Waals surface area contributed by atoms with Crippen molar-refractivity contribution >= 4 is 11.8 Å². The van der Waals surface area contributed by atoms with Crippen molar-refractivity contribution in [2.75, 3.05) is 13.1 Å². The van der Waals surface area contributed by atoms with Crippen LogP contribution in [-0.2, 0) is 4.79 Å². The Labute approximate surface area is 133 Å². The van der Waals surface area contributed by atoms with Crippen LogP contribution in [0, 0.1) is 11.6 Å². The van der Waals surface area contributed by atoms with Crippen molar-refractivity contribution in [1.29, 1.82) is 0 Å². The Morgan fingerprint density at radius 1 is 1.35 bits per heavy atom. The van der Waals surface area contributed by atoms with E-state index in [1.165, 1.54) is 0 Å². The normalized spacial score (nSPS) is 19.3. The molecule has 5 nitrogen and oxygen atoms in total. The third-order valence-corrected chi connectivity index (χ3v) is 4.01. The molecular weight excluding hydrogens is 306 g/mol. The number of amides is 2. The summed E-state index contributed by atoms with van der Waals surface area (Å²) in [6.07, 6.45) is 1.88. The molecule has 0 aromatic heterocycles. The van der Waals surface area contributed by atoms with Crippen molar-refractivity contribution in [3.63, 3.8) is 0 Å². The molecule has 0 bridgehead atoms. The maximum atomic E-state index is 13.1. The molecule has 2 amide bonds. The minimum Gasteiger partial charge on any atom is -0.391 e. The summed E-state index contributed by atoms with van der Waals surface area (Å²) in [6.45, 7) is 1.92. The number of rotatable bonds is 4. The molecular formula is C16H20F2N2O3. The molecule has 0 radical (unpaired) electrons.